The number of hydrogen-bond acceptors (Lipinski definition) is 5. The lowest BCUT2D eigenvalue weighted by molar-refractivity contribution is 0.0616. The van der Waals surface area contributed by atoms with Crippen LogP contribution in [0.15, 0.2) is 18.3 Å². The van der Waals surface area contributed by atoms with E-state index in [1.165, 1.54) is 10.9 Å². The summed E-state index contributed by atoms with van der Waals surface area (Å²) < 4.78 is 0. The number of anilines is 1. The summed E-state index contributed by atoms with van der Waals surface area (Å²) >= 11 is 0. The Bertz CT molecular complexity index is 481. The molecular formula is C9H11N3O3. The number of fused-ring (bicyclic) bond motifs is 1. The van der Waals surface area contributed by atoms with Gasteiger partial charge >= 0.3 is 0 Å². The molecule has 0 aliphatic rings. The molecule has 0 saturated heterocycles. The van der Waals surface area contributed by atoms with Gasteiger partial charge in [-0.15, -0.1) is 5.10 Å². The molecule has 0 saturated carbocycles. The Balaban J connectivity index is 2.45. The van der Waals surface area contributed by atoms with Crippen molar-refractivity contribution in [3.05, 3.63) is 18.3 Å². The van der Waals surface area contributed by atoms with Gasteiger partial charge in [-0.25, -0.2) is 0 Å². The number of aliphatic hydroxyl groups excluding tert-OH is 1. The van der Waals surface area contributed by atoms with Gasteiger partial charge in [0.1, 0.15) is 17.9 Å². The predicted molar refractivity (Wildman–Crippen MR) is 54.3 cm³/mol. The molecule has 15 heavy (non-hydrogen) atoms. The molecule has 0 aliphatic heterocycles. The minimum absolute atomic E-state index is 0.0178. The van der Waals surface area contributed by atoms with Gasteiger partial charge in [0, 0.05) is 5.39 Å². The van der Waals surface area contributed by atoms with Gasteiger partial charge in [0.05, 0.1) is 18.5 Å². The van der Waals surface area contributed by atoms with E-state index in [0.29, 0.717) is 5.52 Å². The first kappa shape index (κ1) is 9.60. The largest absolute Gasteiger partial charge is 0.506 e. The van der Waals surface area contributed by atoms with Crippen molar-refractivity contribution in [2.75, 3.05) is 18.9 Å². The van der Waals surface area contributed by atoms with E-state index in [-0.39, 0.29) is 24.7 Å². The topological polar surface area (TPSA) is 93.5 Å². The maximum absolute atomic E-state index is 9.36. The average Bonchev–Trinajstić information content (AvgIpc) is 2.59. The van der Waals surface area contributed by atoms with Gasteiger partial charge in [-0.3, -0.25) is 0 Å². The van der Waals surface area contributed by atoms with Crippen molar-refractivity contribution in [2.24, 2.45) is 0 Å². The van der Waals surface area contributed by atoms with Gasteiger partial charge in [-0.1, -0.05) is 4.85 Å². The Hall–Kier alpha value is -1.95. The monoisotopic (exact) mass is 209 g/mol. The third kappa shape index (κ3) is 1.66. The lowest BCUT2D eigenvalue weighted by atomic mass is 10.2. The van der Waals surface area contributed by atoms with E-state index in [1.54, 1.807) is 12.3 Å². The molecule has 80 valence electrons. The van der Waals surface area contributed by atoms with Crippen LogP contribution in [0.5, 0.6) is 5.75 Å². The van der Waals surface area contributed by atoms with E-state index in [1.807, 2.05) is 0 Å². The average molecular weight is 209 g/mol. The summed E-state index contributed by atoms with van der Waals surface area (Å²) in [4.78, 5) is 6.39. The molecule has 2 rings (SSSR count). The van der Waals surface area contributed by atoms with Crippen LogP contribution < -0.4 is 10.6 Å². The van der Waals surface area contributed by atoms with E-state index in [2.05, 4.69) is 5.10 Å². The van der Waals surface area contributed by atoms with Crippen molar-refractivity contribution in [3.63, 3.8) is 0 Å². The second-order valence-electron chi connectivity index (χ2n) is 3.04. The van der Waals surface area contributed by atoms with Crippen molar-refractivity contribution in [2.45, 2.75) is 0 Å². The number of benzene rings is 1. The van der Waals surface area contributed by atoms with Crippen LogP contribution in [0, 0.1) is 0 Å². The van der Waals surface area contributed by atoms with Crippen LogP contribution in [0.25, 0.3) is 10.9 Å². The zero-order chi connectivity index (χ0) is 10.8. The van der Waals surface area contributed by atoms with Gasteiger partial charge in [-0.05, 0) is 12.1 Å². The van der Waals surface area contributed by atoms with Gasteiger partial charge < -0.3 is 20.8 Å². The number of phenols is 1. The number of nitrogens with two attached hydrogens (primary N) is 1. The molecule has 0 unspecified atom stereocenters. The zero-order valence-electron chi connectivity index (χ0n) is 7.92. The highest BCUT2D eigenvalue weighted by atomic mass is 16.7. The number of aromatic hydroxyl groups is 1. The zero-order valence-corrected chi connectivity index (χ0v) is 7.92. The number of nitrogens with zero attached hydrogens (tertiary/aromatic N) is 2. The highest BCUT2D eigenvalue weighted by Crippen LogP contribution is 2.26. The number of aromatic nitrogens is 2. The minimum atomic E-state index is -0.0884. The fraction of sp³-hybridized carbons (Fsp3) is 0.222. The molecule has 4 N–H and O–H groups in total. The van der Waals surface area contributed by atoms with Crippen LogP contribution in [-0.2, 0) is 0 Å². The van der Waals surface area contributed by atoms with Crippen LogP contribution >= 0.6 is 0 Å². The van der Waals surface area contributed by atoms with Crippen LogP contribution in [0.4, 0.5) is 5.69 Å². The highest BCUT2D eigenvalue weighted by molar-refractivity contribution is 5.84. The Morgan fingerprint density at radius 1 is 1.47 bits per heavy atom. The number of hydrogen-bond donors (Lipinski definition) is 3. The van der Waals surface area contributed by atoms with Crippen molar-refractivity contribution in [1.29, 1.82) is 0 Å². The van der Waals surface area contributed by atoms with E-state index in [4.69, 9.17) is 15.7 Å². The molecule has 1 aromatic carbocycles. The Morgan fingerprint density at radius 3 is 3.00 bits per heavy atom. The highest BCUT2D eigenvalue weighted by Gasteiger charge is 2.06. The molecule has 0 amide bonds. The first-order valence-corrected chi connectivity index (χ1v) is 4.42. The maximum atomic E-state index is 9.36. The quantitative estimate of drug-likeness (QED) is 0.478. The molecule has 0 radical (unpaired) electrons. The third-order valence-electron chi connectivity index (χ3n) is 1.99. The molecule has 2 aromatic rings. The van der Waals surface area contributed by atoms with E-state index in [0.717, 1.165) is 5.39 Å². The standard InChI is InChI=1S/C9H11N3O3/c10-7-4-8-6(3-9(7)14)5-11-12(8)15-2-1-13/h3-5,13-14H,1-2,10H2. The fourth-order valence-electron chi connectivity index (χ4n) is 1.29. The Labute approximate surface area is 85.4 Å². The van der Waals surface area contributed by atoms with E-state index < -0.39 is 0 Å². The summed E-state index contributed by atoms with van der Waals surface area (Å²) in [5.74, 6) is 0.0178. The first-order chi connectivity index (χ1) is 7.22. The van der Waals surface area contributed by atoms with Crippen LogP contribution in [-0.4, -0.2) is 33.4 Å². The van der Waals surface area contributed by atoms with Crippen molar-refractivity contribution < 1.29 is 15.1 Å². The van der Waals surface area contributed by atoms with E-state index >= 15 is 0 Å². The number of rotatable bonds is 3. The molecule has 0 bridgehead atoms. The third-order valence-corrected chi connectivity index (χ3v) is 1.99. The maximum Gasteiger partial charge on any atom is 0.140 e. The lowest BCUT2D eigenvalue weighted by Crippen LogP contribution is -2.16. The summed E-state index contributed by atoms with van der Waals surface area (Å²) in [6.07, 6.45) is 1.55. The number of phenolic OH excluding ortho intramolecular Hbond substituents is 1. The van der Waals surface area contributed by atoms with Crippen molar-refractivity contribution >= 4 is 16.6 Å². The minimum Gasteiger partial charge on any atom is -0.506 e. The van der Waals surface area contributed by atoms with Gasteiger partial charge in [0.15, 0.2) is 0 Å². The van der Waals surface area contributed by atoms with Gasteiger partial charge in [0.2, 0.25) is 0 Å². The molecule has 1 aromatic heterocycles. The normalized spacial score (nSPS) is 10.7. The summed E-state index contributed by atoms with van der Waals surface area (Å²) in [5, 5.41) is 22.6. The number of aliphatic hydroxyl groups is 1. The Morgan fingerprint density at radius 2 is 2.27 bits per heavy atom. The molecule has 0 spiro atoms. The molecular weight excluding hydrogens is 198 g/mol. The molecule has 6 heteroatoms. The van der Waals surface area contributed by atoms with Crippen LogP contribution in [0.1, 0.15) is 0 Å². The Kier molecular flexibility index (Phi) is 2.34. The molecule has 1 heterocycles. The molecule has 0 aliphatic carbocycles. The first-order valence-electron chi connectivity index (χ1n) is 4.42. The smallest absolute Gasteiger partial charge is 0.140 e. The van der Waals surface area contributed by atoms with Gasteiger partial charge in [0.25, 0.3) is 0 Å². The second-order valence-corrected chi connectivity index (χ2v) is 3.04. The van der Waals surface area contributed by atoms with Crippen LogP contribution in [0.3, 0.4) is 0 Å². The fourth-order valence-corrected chi connectivity index (χ4v) is 1.29. The summed E-state index contributed by atoms with van der Waals surface area (Å²) in [7, 11) is 0. The summed E-state index contributed by atoms with van der Waals surface area (Å²) in [6, 6.07) is 3.07. The van der Waals surface area contributed by atoms with Crippen molar-refractivity contribution in [1.82, 2.24) is 9.94 Å². The molecule has 0 atom stereocenters. The van der Waals surface area contributed by atoms with Crippen molar-refractivity contribution in [3.8, 4) is 5.75 Å². The molecule has 0 fully saturated rings. The van der Waals surface area contributed by atoms with Crippen LogP contribution in [0.2, 0.25) is 0 Å². The lowest BCUT2D eigenvalue weighted by Gasteiger charge is -2.05. The predicted octanol–water partition coefficient (Wildman–Crippen LogP) is -0.255. The summed E-state index contributed by atoms with van der Waals surface area (Å²) in [6.45, 7) is 0.0620. The number of nitrogen functional groups attached to an aromatic ring is 1. The second kappa shape index (κ2) is 3.66. The summed E-state index contributed by atoms with van der Waals surface area (Å²) in [5.41, 5.74) is 6.46. The molecule has 6 nitrogen and oxygen atoms in total. The van der Waals surface area contributed by atoms with Gasteiger partial charge in [-0.2, -0.15) is 0 Å². The van der Waals surface area contributed by atoms with E-state index in [9.17, 15) is 5.11 Å². The SMILES string of the molecule is Nc1cc2c(cnn2OCCO)cc1O.